The third kappa shape index (κ3) is 6.00. The molecule has 0 aliphatic heterocycles. The Bertz CT molecular complexity index is 894. The Kier molecular flexibility index (Phi) is 8.65. The molecule has 0 radical (unpaired) electrons. The summed E-state index contributed by atoms with van der Waals surface area (Å²) in [6.45, 7) is 5.36. The molecule has 0 heterocycles. The number of carbonyl (C=O) groups is 2. The van der Waals surface area contributed by atoms with Crippen LogP contribution in [0, 0.1) is 6.92 Å². The molecule has 1 N–H and O–H groups in total. The Morgan fingerprint density at radius 2 is 1.58 bits per heavy atom. The first-order valence-corrected chi connectivity index (χ1v) is 9.13. The van der Waals surface area contributed by atoms with Crippen molar-refractivity contribution < 1.29 is 69.4 Å². The molecule has 0 aliphatic rings. The van der Waals surface area contributed by atoms with E-state index in [-0.39, 0.29) is 73.8 Å². The van der Waals surface area contributed by atoms with Crippen molar-refractivity contribution in [2.75, 3.05) is 0 Å². The van der Waals surface area contributed by atoms with E-state index >= 15 is 0 Å². The van der Waals surface area contributed by atoms with E-state index in [1.807, 2.05) is 13.8 Å². The standard InChI is InChI=1S/C18H20N2O4S.K/c1-12(2)19-17(21)14-8-10-15(11-9-14)25(23,24)20-18(22)16-7-5-4-6-13(16)3;/h4-12H,1-3H3,(H2,19,20,21,22);/q;+1/p-1. The quantitative estimate of drug-likeness (QED) is 0.720. The monoisotopic (exact) mass is 398 g/mol. The van der Waals surface area contributed by atoms with Crippen LogP contribution in [0.3, 0.4) is 0 Å². The van der Waals surface area contributed by atoms with Crippen molar-refractivity contribution in [2.45, 2.75) is 31.7 Å². The van der Waals surface area contributed by atoms with E-state index in [0.717, 1.165) is 0 Å². The van der Waals surface area contributed by atoms with Crippen LogP contribution in [-0.4, -0.2) is 26.3 Å². The zero-order chi connectivity index (χ0) is 18.6. The number of rotatable bonds is 5. The Morgan fingerprint density at radius 3 is 2.12 bits per heavy atom. The summed E-state index contributed by atoms with van der Waals surface area (Å²) >= 11 is 0. The molecule has 26 heavy (non-hydrogen) atoms. The number of benzene rings is 2. The number of hydrogen-bond acceptors (Lipinski definition) is 4. The average molecular weight is 399 g/mol. The Hall–Kier alpha value is -1.03. The second kappa shape index (κ2) is 9.77. The molecule has 0 bridgehead atoms. The summed E-state index contributed by atoms with van der Waals surface area (Å²) in [6, 6.07) is 11.9. The van der Waals surface area contributed by atoms with Gasteiger partial charge in [0, 0.05) is 17.2 Å². The van der Waals surface area contributed by atoms with E-state index in [4.69, 9.17) is 0 Å². The van der Waals surface area contributed by atoms with Gasteiger partial charge < -0.3 is 14.8 Å². The van der Waals surface area contributed by atoms with E-state index in [2.05, 4.69) is 10.0 Å². The summed E-state index contributed by atoms with van der Waals surface area (Å²) in [7, 11) is -4.15. The molecular formula is C18H19KN2O4S. The van der Waals surface area contributed by atoms with Gasteiger partial charge in [0.25, 0.3) is 5.91 Å². The van der Waals surface area contributed by atoms with Crippen LogP contribution >= 0.6 is 0 Å². The third-order valence-corrected chi connectivity index (χ3v) is 4.69. The fourth-order valence-electron chi connectivity index (χ4n) is 2.15. The van der Waals surface area contributed by atoms with Gasteiger partial charge in [-0.1, -0.05) is 24.3 Å². The molecule has 2 aromatic rings. The number of amides is 2. The molecule has 0 spiro atoms. The molecule has 8 heteroatoms. The summed E-state index contributed by atoms with van der Waals surface area (Å²) in [5.74, 6) is -1.12. The van der Waals surface area contributed by atoms with Crippen molar-refractivity contribution in [1.29, 1.82) is 0 Å². The summed E-state index contributed by atoms with van der Waals surface area (Å²) in [6.07, 6.45) is 0. The molecule has 0 fully saturated rings. The largest absolute Gasteiger partial charge is 1.00 e. The zero-order valence-electron chi connectivity index (χ0n) is 15.2. The van der Waals surface area contributed by atoms with Crippen molar-refractivity contribution in [3.05, 3.63) is 69.9 Å². The van der Waals surface area contributed by atoms with Gasteiger partial charge in [-0.3, -0.25) is 4.79 Å². The van der Waals surface area contributed by atoms with Crippen LogP contribution in [0.1, 0.15) is 40.1 Å². The number of sulfonamides is 1. The van der Waals surface area contributed by atoms with Crippen LogP contribution in [0.25, 0.3) is 4.72 Å². The van der Waals surface area contributed by atoms with Gasteiger partial charge in [-0.05, 0) is 50.6 Å². The Balaban J connectivity index is 0.00000338. The van der Waals surface area contributed by atoms with E-state index in [1.54, 1.807) is 25.1 Å². The number of aryl methyl sites for hydroxylation is 1. The molecule has 2 rings (SSSR count). The molecule has 0 aliphatic carbocycles. The minimum Gasteiger partial charge on any atom is -0.538 e. The van der Waals surface area contributed by atoms with Gasteiger partial charge in [0.1, 0.15) is 10.0 Å². The predicted molar refractivity (Wildman–Crippen MR) is 95.1 cm³/mol. The summed E-state index contributed by atoms with van der Waals surface area (Å²) < 4.78 is 28.0. The van der Waals surface area contributed by atoms with E-state index in [9.17, 15) is 18.0 Å². The van der Waals surface area contributed by atoms with Crippen LogP contribution in [0.15, 0.2) is 53.4 Å². The topological polar surface area (TPSA) is 94.4 Å². The average Bonchev–Trinajstić information content (AvgIpc) is 2.54. The SMILES string of the molecule is Cc1ccccc1C(=O)[N-]S(=O)(=O)c1ccc(C(=O)NC(C)C)cc1.[K+]. The van der Waals surface area contributed by atoms with Gasteiger partial charge in [-0.2, -0.15) is 0 Å². The third-order valence-electron chi connectivity index (χ3n) is 3.41. The predicted octanol–water partition coefficient (Wildman–Crippen LogP) is 0.0400. The molecule has 6 nitrogen and oxygen atoms in total. The minimum absolute atomic E-state index is 0. The Labute approximate surface area is 196 Å². The molecule has 132 valence electrons. The van der Waals surface area contributed by atoms with Crippen molar-refractivity contribution in [3.8, 4) is 0 Å². The van der Waals surface area contributed by atoms with Gasteiger partial charge in [0.2, 0.25) is 0 Å². The maximum atomic E-state index is 12.3. The maximum absolute atomic E-state index is 12.3. The molecule has 0 atom stereocenters. The van der Waals surface area contributed by atoms with E-state index in [0.29, 0.717) is 11.1 Å². The van der Waals surface area contributed by atoms with Crippen LogP contribution < -0.4 is 56.7 Å². The minimum atomic E-state index is -4.15. The number of nitrogens with zero attached hydrogens (tertiary/aromatic N) is 1. The van der Waals surface area contributed by atoms with Gasteiger partial charge in [-0.15, -0.1) is 0 Å². The van der Waals surface area contributed by atoms with Gasteiger partial charge in [0.15, 0.2) is 0 Å². The summed E-state index contributed by atoms with van der Waals surface area (Å²) in [5, 5.41) is 2.71. The van der Waals surface area contributed by atoms with Crippen LogP contribution in [0.2, 0.25) is 0 Å². The van der Waals surface area contributed by atoms with Crippen molar-refractivity contribution in [3.63, 3.8) is 0 Å². The molecule has 2 amide bonds. The molecule has 0 saturated heterocycles. The van der Waals surface area contributed by atoms with Crippen molar-refractivity contribution in [1.82, 2.24) is 5.32 Å². The molecule has 0 aromatic heterocycles. The number of nitrogens with one attached hydrogen (secondary N) is 1. The van der Waals surface area contributed by atoms with Gasteiger partial charge in [-0.25, -0.2) is 8.42 Å². The van der Waals surface area contributed by atoms with Crippen molar-refractivity contribution >= 4 is 21.8 Å². The Morgan fingerprint density at radius 1 is 1.00 bits per heavy atom. The fraction of sp³-hybridized carbons (Fsp3) is 0.222. The molecule has 0 saturated carbocycles. The van der Waals surface area contributed by atoms with Crippen LogP contribution in [0.5, 0.6) is 0 Å². The van der Waals surface area contributed by atoms with Gasteiger partial charge >= 0.3 is 51.4 Å². The summed E-state index contributed by atoms with van der Waals surface area (Å²) in [5.41, 5.74) is 1.21. The smallest absolute Gasteiger partial charge is 0.538 e. The normalized spacial score (nSPS) is 10.8. The number of hydrogen-bond donors (Lipinski definition) is 1. The van der Waals surface area contributed by atoms with Crippen LogP contribution in [0.4, 0.5) is 0 Å². The fourth-order valence-corrected chi connectivity index (χ4v) is 3.05. The summed E-state index contributed by atoms with van der Waals surface area (Å²) in [4.78, 5) is 23.9. The molecular weight excluding hydrogens is 379 g/mol. The second-order valence-corrected chi connectivity index (χ2v) is 7.44. The van der Waals surface area contributed by atoms with Crippen LogP contribution in [-0.2, 0) is 10.0 Å². The maximum Gasteiger partial charge on any atom is 1.00 e. The van der Waals surface area contributed by atoms with Crippen molar-refractivity contribution in [2.24, 2.45) is 0 Å². The number of carbonyl (C=O) groups excluding carboxylic acids is 2. The molecule has 0 unspecified atom stereocenters. The first-order valence-electron chi connectivity index (χ1n) is 7.69. The van der Waals surface area contributed by atoms with Gasteiger partial charge in [0.05, 0.1) is 10.8 Å². The van der Waals surface area contributed by atoms with E-state index < -0.39 is 15.9 Å². The molecule has 2 aromatic carbocycles. The first kappa shape index (κ1) is 23.0. The second-order valence-electron chi connectivity index (χ2n) is 5.84. The zero-order valence-corrected chi connectivity index (χ0v) is 19.1. The van der Waals surface area contributed by atoms with E-state index in [1.165, 1.54) is 30.3 Å². The first-order chi connectivity index (χ1) is 11.7.